The van der Waals surface area contributed by atoms with Crippen molar-refractivity contribution in [2.75, 3.05) is 5.75 Å². The molecule has 2 aliphatic heterocycles. The second-order valence-electron chi connectivity index (χ2n) is 8.80. The third-order valence-electron chi connectivity index (χ3n) is 5.46. The Kier molecular flexibility index (Phi) is 6.94. The minimum absolute atomic E-state index is 0.184. The van der Waals surface area contributed by atoms with Crippen molar-refractivity contribution in [3.63, 3.8) is 0 Å². The Labute approximate surface area is 182 Å². The molecule has 0 aliphatic carbocycles. The van der Waals surface area contributed by atoms with E-state index in [0.717, 1.165) is 54.0 Å². The molecule has 2 fully saturated rings. The van der Waals surface area contributed by atoms with E-state index in [1.807, 2.05) is 37.8 Å². The minimum atomic E-state index is -0.484. The zero-order valence-corrected chi connectivity index (χ0v) is 19.1. The van der Waals surface area contributed by atoms with Crippen LogP contribution >= 0.6 is 23.4 Å². The topological polar surface area (TPSA) is 55.3 Å². The predicted octanol–water partition coefficient (Wildman–Crippen LogP) is 5.99. The number of rotatable bonds is 5. The predicted molar refractivity (Wildman–Crippen MR) is 119 cm³/mol. The molecule has 2 aliphatic rings. The highest BCUT2D eigenvalue weighted by atomic mass is 35.5. The van der Waals surface area contributed by atoms with E-state index >= 15 is 0 Å². The highest BCUT2D eigenvalue weighted by Crippen LogP contribution is 2.43. The van der Waals surface area contributed by atoms with E-state index in [9.17, 15) is 4.79 Å². The Hall–Kier alpha value is -1.53. The monoisotopic (exact) mass is 435 g/mol. The molecule has 1 amide bonds. The molecule has 0 aromatic carbocycles. The molecule has 3 atom stereocenters. The molecule has 2 bridgehead atoms. The van der Waals surface area contributed by atoms with Gasteiger partial charge in [0, 0.05) is 22.7 Å². The van der Waals surface area contributed by atoms with Gasteiger partial charge in [0.1, 0.15) is 11.3 Å². The Balaban J connectivity index is 1.78. The summed E-state index contributed by atoms with van der Waals surface area (Å²) >= 11 is 7.71. The van der Waals surface area contributed by atoms with E-state index in [-0.39, 0.29) is 24.1 Å². The summed E-state index contributed by atoms with van der Waals surface area (Å²) in [5, 5.41) is 8.79. The van der Waals surface area contributed by atoms with E-state index < -0.39 is 5.60 Å². The van der Waals surface area contributed by atoms with E-state index in [1.165, 1.54) is 0 Å². The summed E-state index contributed by atoms with van der Waals surface area (Å²) in [4.78, 5) is 15.8. The quantitative estimate of drug-likeness (QED) is 0.420. The van der Waals surface area contributed by atoms with Crippen LogP contribution in [0.4, 0.5) is 4.79 Å². The number of fused-ring (bicyclic) bond motifs is 2. The molecule has 0 N–H and O–H groups in total. The van der Waals surface area contributed by atoms with Gasteiger partial charge in [-0.2, -0.15) is 0 Å². The highest BCUT2D eigenvalue weighted by Gasteiger charge is 2.43. The van der Waals surface area contributed by atoms with Crippen molar-refractivity contribution in [1.29, 1.82) is 0 Å². The number of halogens is 1. The first-order chi connectivity index (χ1) is 13.7. The van der Waals surface area contributed by atoms with Gasteiger partial charge < -0.3 is 9.64 Å². The second-order valence-corrected chi connectivity index (χ2v) is 10.2. The standard InChI is InChI=1S/C22H30ClN3O2S/c1-6-10-29-18-13-19(23)24-25-20(18)14(2)15-11-16-8-7-9-17(12-15)26(16)21(27)28-22(3,4)5/h6,13,15-17H,1-2,7-12H2,3-5H3/t15-,16-,17+. The number of allylic oxidation sites excluding steroid dienone is 1. The van der Waals surface area contributed by atoms with Crippen LogP contribution in [0.3, 0.4) is 0 Å². The smallest absolute Gasteiger partial charge is 0.410 e. The van der Waals surface area contributed by atoms with Gasteiger partial charge in [0.2, 0.25) is 0 Å². The third-order valence-corrected chi connectivity index (χ3v) is 6.67. The zero-order chi connectivity index (χ0) is 21.2. The molecule has 1 aromatic rings. The Morgan fingerprint density at radius 3 is 2.59 bits per heavy atom. The summed E-state index contributed by atoms with van der Waals surface area (Å²) in [5.41, 5.74) is 1.32. The van der Waals surface area contributed by atoms with Crippen LogP contribution in [0.15, 0.2) is 30.2 Å². The van der Waals surface area contributed by atoms with Gasteiger partial charge in [0.25, 0.3) is 0 Å². The fourth-order valence-electron chi connectivity index (χ4n) is 4.31. The summed E-state index contributed by atoms with van der Waals surface area (Å²) in [6, 6.07) is 2.21. The lowest BCUT2D eigenvalue weighted by Gasteiger charge is -2.49. The lowest BCUT2D eigenvalue weighted by Crippen LogP contribution is -2.55. The van der Waals surface area contributed by atoms with Gasteiger partial charge in [-0.05, 0) is 70.4 Å². The Morgan fingerprint density at radius 2 is 2.00 bits per heavy atom. The molecular weight excluding hydrogens is 406 g/mol. The van der Waals surface area contributed by atoms with Crippen LogP contribution in [0, 0.1) is 5.92 Å². The van der Waals surface area contributed by atoms with Gasteiger partial charge >= 0.3 is 6.09 Å². The van der Waals surface area contributed by atoms with Crippen LogP contribution < -0.4 is 0 Å². The van der Waals surface area contributed by atoms with Gasteiger partial charge in [0.15, 0.2) is 5.15 Å². The van der Waals surface area contributed by atoms with Gasteiger partial charge in [0.05, 0.1) is 0 Å². The molecular formula is C22H30ClN3O2S. The van der Waals surface area contributed by atoms with Crippen LogP contribution in [0.1, 0.15) is 58.6 Å². The second kappa shape index (κ2) is 9.09. The summed E-state index contributed by atoms with van der Waals surface area (Å²) in [6.07, 6.45) is 6.58. The first-order valence-electron chi connectivity index (χ1n) is 10.2. The number of amides is 1. The lowest BCUT2D eigenvalue weighted by molar-refractivity contribution is -0.0233. The molecule has 158 valence electrons. The van der Waals surface area contributed by atoms with Crippen LogP contribution in [-0.4, -0.2) is 44.6 Å². The number of thioether (sulfide) groups is 1. The van der Waals surface area contributed by atoms with Crippen molar-refractivity contribution in [3.05, 3.63) is 36.1 Å². The number of aromatic nitrogens is 2. The molecule has 3 heterocycles. The number of nitrogens with zero attached hydrogens (tertiary/aromatic N) is 3. The molecule has 1 aromatic heterocycles. The van der Waals surface area contributed by atoms with Gasteiger partial charge in [-0.25, -0.2) is 4.79 Å². The van der Waals surface area contributed by atoms with E-state index in [0.29, 0.717) is 5.15 Å². The van der Waals surface area contributed by atoms with Crippen LogP contribution in [0.25, 0.3) is 5.57 Å². The average molecular weight is 436 g/mol. The lowest BCUT2D eigenvalue weighted by atomic mass is 9.75. The SMILES string of the molecule is C=CCSc1cc(Cl)nnc1C(=C)[C@@H]1C[C@H]2CCC[C@@H](C1)N2C(=O)OC(C)(C)C. The molecule has 0 unspecified atom stereocenters. The molecule has 0 radical (unpaired) electrons. The zero-order valence-electron chi connectivity index (χ0n) is 17.5. The Morgan fingerprint density at radius 1 is 1.34 bits per heavy atom. The number of hydrogen-bond donors (Lipinski definition) is 0. The highest BCUT2D eigenvalue weighted by molar-refractivity contribution is 7.99. The fourth-order valence-corrected chi connectivity index (χ4v) is 5.32. The number of carbonyl (C=O) groups is 1. The molecule has 2 saturated heterocycles. The van der Waals surface area contributed by atoms with Crippen molar-refractivity contribution in [1.82, 2.24) is 15.1 Å². The van der Waals surface area contributed by atoms with Gasteiger partial charge in [-0.3, -0.25) is 0 Å². The van der Waals surface area contributed by atoms with Gasteiger partial charge in [-0.1, -0.05) is 24.3 Å². The van der Waals surface area contributed by atoms with Crippen molar-refractivity contribution < 1.29 is 9.53 Å². The number of piperidine rings is 2. The summed E-state index contributed by atoms with van der Waals surface area (Å²) in [7, 11) is 0. The van der Waals surface area contributed by atoms with E-state index in [1.54, 1.807) is 11.8 Å². The Bertz CT molecular complexity index is 779. The maximum atomic E-state index is 12.8. The average Bonchev–Trinajstić information content (AvgIpc) is 2.63. The molecule has 5 nitrogen and oxygen atoms in total. The summed E-state index contributed by atoms with van der Waals surface area (Å²) < 4.78 is 5.69. The molecule has 0 saturated carbocycles. The summed E-state index contributed by atoms with van der Waals surface area (Å²) in [6.45, 7) is 13.9. The number of carbonyl (C=O) groups excluding carboxylic acids is 1. The van der Waals surface area contributed by atoms with Crippen LogP contribution in [-0.2, 0) is 4.74 Å². The first kappa shape index (κ1) is 22.2. The van der Waals surface area contributed by atoms with E-state index in [4.69, 9.17) is 16.3 Å². The normalized spacial score (nSPS) is 24.1. The number of hydrogen-bond acceptors (Lipinski definition) is 5. The van der Waals surface area contributed by atoms with Crippen molar-refractivity contribution in [2.45, 2.75) is 75.5 Å². The molecule has 29 heavy (non-hydrogen) atoms. The molecule has 7 heteroatoms. The van der Waals surface area contributed by atoms with Crippen molar-refractivity contribution in [3.8, 4) is 0 Å². The van der Waals surface area contributed by atoms with Crippen LogP contribution in [0.2, 0.25) is 5.15 Å². The molecule has 0 spiro atoms. The summed E-state index contributed by atoms with van der Waals surface area (Å²) in [5.74, 6) is 1.03. The first-order valence-corrected chi connectivity index (χ1v) is 11.5. The van der Waals surface area contributed by atoms with E-state index in [2.05, 4.69) is 23.4 Å². The minimum Gasteiger partial charge on any atom is -0.444 e. The maximum absolute atomic E-state index is 12.8. The fraction of sp³-hybridized carbons (Fsp3) is 0.591. The van der Waals surface area contributed by atoms with Crippen molar-refractivity contribution >= 4 is 35.0 Å². The van der Waals surface area contributed by atoms with Crippen LogP contribution in [0.5, 0.6) is 0 Å². The largest absolute Gasteiger partial charge is 0.444 e. The molecule has 3 rings (SSSR count). The maximum Gasteiger partial charge on any atom is 0.410 e. The number of ether oxygens (including phenoxy) is 1. The van der Waals surface area contributed by atoms with Crippen molar-refractivity contribution in [2.24, 2.45) is 5.92 Å². The van der Waals surface area contributed by atoms with Gasteiger partial charge in [-0.15, -0.1) is 28.5 Å². The third kappa shape index (κ3) is 5.34.